The molecule has 3 nitrogen and oxygen atoms in total. The van der Waals surface area contributed by atoms with Gasteiger partial charge in [-0.05, 0) is 42.2 Å². The number of benzene rings is 2. The van der Waals surface area contributed by atoms with Gasteiger partial charge in [-0.15, -0.1) is 0 Å². The van der Waals surface area contributed by atoms with Crippen LogP contribution >= 0.6 is 11.6 Å². The second kappa shape index (κ2) is 8.02. The lowest BCUT2D eigenvalue weighted by Crippen LogP contribution is -2.17. The molecule has 23 heavy (non-hydrogen) atoms. The highest BCUT2D eigenvalue weighted by molar-refractivity contribution is 6.30. The molecule has 0 saturated heterocycles. The molecule has 2 aromatic rings. The highest BCUT2D eigenvalue weighted by Crippen LogP contribution is 2.24. The summed E-state index contributed by atoms with van der Waals surface area (Å²) in [5, 5.41) is 6.95. The van der Waals surface area contributed by atoms with Crippen molar-refractivity contribution in [3.8, 4) is 0 Å². The Morgan fingerprint density at radius 2 is 1.87 bits per heavy atom. The number of aryl methyl sites for hydroxylation is 1. The zero-order chi connectivity index (χ0) is 16.8. The van der Waals surface area contributed by atoms with Gasteiger partial charge >= 0.3 is 0 Å². The summed E-state index contributed by atoms with van der Waals surface area (Å²) in [5.41, 5.74) is 4.12. The largest absolute Gasteiger partial charge is 0.384 e. The smallest absolute Gasteiger partial charge is 0.226 e. The Bertz CT molecular complexity index is 683. The van der Waals surface area contributed by atoms with E-state index in [4.69, 9.17) is 11.6 Å². The maximum Gasteiger partial charge on any atom is 0.226 e. The molecule has 0 bridgehead atoms. The molecule has 0 fully saturated rings. The number of hydrogen-bond acceptors (Lipinski definition) is 2. The van der Waals surface area contributed by atoms with Gasteiger partial charge in [0.1, 0.15) is 0 Å². The van der Waals surface area contributed by atoms with E-state index in [-0.39, 0.29) is 5.91 Å². The third-order valence-electron chi connectivity index (χ3n) is 3.72. The highest BCUT2D eigenvalue weighted by Gasteiger charge is 2.09. The van der Waals surface area contributed by atoms with Crippen LogP contribution in [0, 0.1) is 6.92 Å². The zero-order valence-electron chi connectivity index (χ0n) is 13.8. The van der Waals surface area contributed by atoms with E-state index in [1.165, 1.54) is 0 Å². The van der Waals surface area contributed by atoms with E-state index >= 15 is 0 Å². The van der Waals surface area contributed by atoms with Crippen molar-refractivity contribution in [2.24, 2.45) is 0 Å². The third-order valence-corrected chi connectivity index (χ3v) is 3.96. The van der Waals surface area contributed by atoms with Crippen molar-refractivity contribution in [3.63, 3.8) is 0 Å². The van der Waals surface area contributed by atoms with Crippen LogP contribution in [-0.2, 0) is 4.79 Å². The lowest BCUT2D eigenvalue weighted by Gasteiger charge is -2.14. The summed E-state index contributed by atoms with van der Waals surface area (Å²) < 4.78 is 0. The van der Waals surface area contributed by atoms with Gasteiger partial charge < -0.3 is 10.6 Å². The second-order valence-electron chi connectivity index (χ2n) is 5.93. The Morgan fingerprint density at radius 3 is 2.61 bits per heavy atom. The quantitative estimate of drug-likeness (QED) is 0.763. The fourth-order valence-corrected chi connectivity index (χ4v) is 2.59. The van der Waals surface area contributed by atoms with Crippen LogP contribution in [0.2, 0.25) is 5.02 Å². The van der Waals surface area contributed by atoms with Crippen molar-refractivity contribution < 1.29 is 4.79 Å². The average Bonchev–Trinajstić information content (AvgIpc) is 2.51. The molecule has 0 saturated carbocycles. The Morgan fingerprint density at radius 1 is 1.13 bits per heavy atom. The van der Waals surface area contributed by atoms with Crippen LogP contribution in [0.3, 0.4) is 0 Å². The summed E-state index contributed by atoms with van der Waals surface area (Å²) in [7, 11) is 0. The number of halogens is 1. The standard InChI is InChI=1S/C19H23ClN2O/c1-13(2)16-6-4-5-7-17(16)22-19(23)10-11-21-18-12-15(20)9-8-14(18)3/h4-9,12-13,21H,10-11H2,1-3H3,(H,22,23). The molecule has 0 aliphatic rings. The topological polar surface area (TPSA) is 41.1 Å². The zero-order valence-corrected chi connectivity index (χ0v) is 14.6. The molecule has 0 radical (unpaired) electrons. The number of amides is 1. The van der Waals surface area contributed by atoms with Crippen LogP contribution in [0.1, 0.15) is 37.3 Å². The van der Waals surface area contributed by atoms with Gasteiger partial charge in [0, 0.05) is 29.4 Å². The van der Waals surface area contributed by atoms with Crippen molar-refractivity contribution in [1.29, 1.82) is 0 Å². The first-order valence-electron chi connectivity index (χ1n) is 7.86. The normalized spacial score (nSPS) is 10.7. The van der Waals surface area contributed by atoms with Crippen molar-refractivity contribution in [1.82, 2.24) is 0 Å². The van der Waals surface area contributed by atoms with Gasteiger partial charge in [0.05, 0.1) is 0 Å². The highest BCUT2D eigenvalue weighted by atomic mass is 35.5. The molecule has 0 aromatic heterocycles. The molecule has 0 atom stereocenters. The molecule has 1 amide bonds. The summed E-state index contributed by atoms with van der Waals surface area (Å²) in [6, 6.07) is 13.6. The number of carbonyl (C=O) groups excluding carboxylic acids is 1. The maximum absolute atomic E-state index is 12.2. The van der Waals surface area contributed by atoms with E-state index in [0.717, 1.165) is 22.5 Å². The summed E-state index contributed by atoms with van der Waals surface area (Å²) in [6.07, 6.45) is 0.401. The van der Waals surface area contributed by atoms with E-state index in [0.29, 0.717) is 23.9 Å². The number of nitrogens with one attached hydrogen (secondary N) is 2. The molecule has 0 spiro atoms. The van der Waals surface area contributed by atoms with Gasteiger partial charge in [-0.3, -0.25) is 4.79 Å². The lowest BCUT2D eigenvalue weighted by molar-refractivity contribution is -0.115. The predicted octanol–water partition coefficient (Wildman–Crippen LogP) is 5.21. The van der Waals surface area contributed by atoms with E-state index in [9.17, 15) is 4.79 Å². The first kappa shape index (κ1) is 17.4. The van der Waals surface area contributed by atoms with Gasteiger partial charge in [-0.25, -0.2) is 0 Å². The Hall–Kier alpha value is -2.00. The molecule has 0 aliphatic heterocycles. The Balaban J connectivity index is 1.90. The number of carbonyl (C=O) groups is 1. The van der Waals surface area contributed by atoms with Crippen LogP contribution in [-0.4, -0.2) is 12.5 Å². The minimum atomic E-state index is 0.00489. The molecule has 2 N–H and O–H groups in total. The average molecular weight is 331 g/mol. The number of anilines is 2. The van der Waals surface area contributed by atoms with Gasteiger partial charge in [0.15, 0.2) is 0 Å². The van der Waals surface area contributed by atoms with Crippen LogP contribution in [0.15, 0.2) is 42.5 Å². The molecule has 2 rings (SSSR count). The third kappa shape index (κ3) is 5.00. The van der Waals surface area contributed by atoms with Crippen LogP contribution in [0.25, 0.3) is 0 Å². The molecule has 0 unspecified atom stereocenters. The van der Waals surface area contributed by atoms with E-state index in [2.05, 4.69) is 24.5 Å². The molecule has 2 aromatic carbocycles. The van der Waals surface area contributed by atoms with E-state index in [1.807, 2.05) is 49.4 Å². The minimum Gasteiger partial charge on any atom is -0.384 e. The van der Waals surface area contributed by atoms with E-state index < -0.39 is 0 Å². The monoisotopic (exact) mass is 330 g/mol. The Labute approximate surface area is 143 Å². The summed E-state index contributed by atoms with van der Waals surface area (Å²) in [4.78, 5) is 12.2. The first-order chi connectivity index (χ1) is 11.0. The molecule has 0 aliphatic carbocycles. The van der Waals surface area contributed by atoms with E-state index in [1.54, 1.807) is 0 Å². The number of hydrogen-bond donors (Lipinski definition) is 2. The number of rotatable bonds is 6. The molecular weight excluding hydrogens is 308 g/mol. The van der Waals surface area contributed by atoms with Crippen LogP contribution in [0.5, 0.6) is 0 Å². The van der Waals surface area contributed by atoms with Crippen LogP contribution in [0.4, 0.5) is 11.4 Å². The van der Waals surface area contributed by atoms with Gasteiger partial charge in [0.2, 0.25) is 5.91 Å². The second-order valence-corrected chi connectivity index (χ2v) is 6.36. The van der Waals surface area contributed by atoms with Gasteiger partial charge in [-0.1, -0.05) is 49.7 Å². The van der Waals surface area contributed by atoms with Crippen LogP contribution < -0.4 is 10.6 Å². The van der Waals surface area contributed by atoms with Gasteiger partial charge in [-0.2, -0.15) is 0 Å². The molecular formula is C19H23ClN2O. The maximum atomic E-state index is 12.2. The fraction of sp³-hybridized carbons (Fsp3) is 0.316. The molecule has 122 valence electrons. The Kier molecular flexibility index (Phi) is 6.05. The molecule has 4 heteroatoms. The lowest BCUT2D eigenvalue weighted by atomic mass is 10.0. The van der Waals surface area contributed by atoms with Crippen molar-refractivity contribution in [2.45, 2.75) is 33.1 Å². The number of para-hydroxylation sites is 1. The first-order valence-corrected chi connectivity index (χ1v) is 8.24. The summed E-state index contributed by atoms with van der Waals surface area (Å²) in [5.74, 6) is 0.379. The van der Waals surface area contributed by atoms with Crippen molar-refractivity contribution in [3.05, 3.63) is 58.6 Å². The van der Waals surface area contributed by atoms with Crippen molar-refractivity contribution >= 4 is 28.9 Å². The molecule has 0 heterocycles. The fourth-order valence-electron chi connectivity index (χ4n) is 2.42. The van der Waals surface area contributed by atoms with Crippen molar-refractivity contribution in [2.75, 3.05) is 17.2 Å². The predicted molar refractivity (Wildman–Crippen MR) is 98.5 cm³/mol. The minimum absolute atomic E-state index is 0.00489. The summed E-state index contributed by atoms with van der Waals surface area (Å²) >= 11 is 5.99. The summed E-state index contributed by atoms with van der Waals surface area (Å²) in [6.45, 7) is 6.82. The van der Waals surface area contributed by atoms with Gasteiger partial charge in [0.25, 0.3) is 0 Å². The SMILES string of the molecule is Cc1ccc(Cl)cc1NCCC(=O)Nc1ccccc1C(C)C.